The van der Waals surface area contributed by atoms with Gasteiger partial charge < -0.3 is 15.4 Å². The molecule has 0 radical (unpaired) electrons. The van der Waals surface area contributed by atoms with Gasteiger partial charge in [-0.25, -0.2) is 0 Å². The van der Waals surface area contributed by atoms with Crippen LogP contribution in [0, 0.1) is 0 Å². The molecule has 1 aromatic carbocycles. The van der Waals surface area contributed by atoms with Gasteiger partial charge in [0.05, 0.1) is 0 Å². The quantitative estimate of drug-likeness (QED) is 0.894. The molecule has 1 heterocycles. The molecule has 4 heteroatoms. The Hall–Kier alpha value is -1.55. The molecule has 4 nitrogen and oxygen atoms in total. The third kappa shape index (κ3) is 4.23. The number of benzene rings is 1. The summed E-state index contributed by atoms with van der Waals surface area (Å²) in [6.07, 6.45) is 4.19. The smallest absolute Gasteiger partial charge is 0.260 e. The zero-order valence-corrected chi connectivity index (χ0v) is 12.2. The first-order chi connectivity index (χ1) is 9.66. The summed E-state index contributed by atoms with van der Waals surface area (Å²) in [6, 6.07) is 7.88. The maximum Gasteiger partial charge on any atom is 0.260 e. The summed E-state index contributed by atoms with van der Waals surface area (Å²) in [5.74, 6) is 0.857. The van der Waals surface area contributed by atoms with Gasteiger partial charge >= 0.3 is 0 Å². The van der Waals surface area contributed by atoms with Crippen molar-refractivity contribution in [3.8, 4) is 5.75 Å². The average Bonchev–Trinajstić information content (AvgIpc) is 2.46. The number of piperidine rings is 1. The molecule has 20 heavy (non-hydrogen) atoms. The number of likely N-dealkylation sites (tertiary alicyclic amines) is 1. The molecular weight excluding hydrogens is 252 g/mol. The normalized spacial score (nSPS) is 16.8. The Labute approximate surface area is 120 Å². The minimum atomic E-state index is 0.0811. The van der Waals surface area contributed by atoms with Crippen molar-refractivity contribution >= 4 is 5.91 Å². The van der Waals surface area contributed by atoms with Gasteiger partial charge in [-0.15, -0.1) is 0 Å². The van der Waals surface area contributed by atoms with Crippen LogP contribution >= 0.6 is 0 Å². The largest absolute Gasteiger partial charge is 0.483 e. The van der Waals surface area contributed by atoms with Crippen LogP contribution in [0.5, 0.6) is 5.75 Å². The maximum absolute atomic E-state index is 12.1. The molecule has 0 spiro atoms. The molecule has 1 amide bonds. The number of hydrogen-bond donors (Lipinski definition) is 1. The lowest BCUT2D eigenvalue weighted by atomic mass is 10.1. The number of ether oxygens (including phenoxy) is 1. The van der Waals surface area contributed by atoms with E-state index < -0.39 is 0 Å². The molecule has 0 bridgehead atoms. The van der Waals surface area contributed by atoms with E-state index in [1.165, 1.54) is 6.42 Å². The van der Waals surface area contributed by atoms with Gasteiger partial charge in [-0.3, -0.25) is 4.79 Å². The van der Waals surface area contributed by atoms with Crippen LogP contribution in [0.15, 0.2) is 24.3 Å². The second kappa shape index (κ2) is 7.29. The minimum absolute atomic E-state index is 0.0811. The molecular formula is C16H24N2O2. The van der Waals surface area contributed by atoms with Gasteiger partial charge in [0.25, 0.3) is 5.91 Å². The molecule has 1 unspecified atom stereocenters. The first kappa shape index (κ1) is 14.9. The second-order valence-electron chi connectivity index (χ2n) is 5.52. The van der Waals surface area contributed by atoms with Crippen LogP contribution in [0.4, 0.5) is 0 Å². The standard InChI is InChI=1S/C16H24N2O2/c1-13(17)11-14-7-3-4-8-15(14)20-12-16(19)18-9-5-2-6-10-18/h3-4,7-8,13H,2,5-6,9-12,17H2,1H3. The highest BCUT2D eigenvalue weighted by molar-refractivity contribution is 5.77. The van der Waals surface area contributed by atoms with Crippen molar-refractivity contribution in [2.24, 2.45) is 5.73 Å². The van der Waals surface area contributed by atoms with E-state index in [2.05, 4.69) is 0 Å². The van der Waals surface area contributed by atoms with Crippen LogP contribution in [0.25, 0.3) is 0 Å². The average molecular weight is 276 g/mol. The van der Waals surface area contributed by atoms with Crippen molar-refractivity contribution in [2.45, 2.75) is 38.6 Å². The Morgan fingerprint density at radius 3 is 2.70 bits per heavy atom. The summed E-state index contributed by atoms with van der Waals surface area (Å²) >= 11 is 0. The summed E-state index contributed by atoms with van der Waals surface area (Å²) in [6.45, 7) is 3.82. The van der Waals surface area contributed by atoms with Crippen molar-refractivity contribution in [1.82, 2.24) is 4.90 Å². The van der Waals surface area contributed by atoms with Gasteiger partial charge in [0.2, 0.25) is 0 Å². The molecule has 1 aliphatic rings. The fraction of sp³-hybridized carbons (Fsp3) is 0.562. The molecule has 1 atom stereocenters. The molecule has 0 aliphatic carbocycles. The van der Waals surface area contributed by atoms with Crippen molar-refractivity contribution in [1.29, 1.82) is 0 Å². The Morgan fingerprint density at radius 1 is 1.30 bits per heavy atom. The third-order valence-electron chi connectivity index (χ3n) is 3.57. The molecule has 110 valence electrons. The van der Waals surface area contributed by atoms with Gasteiger partial charge in [-0.1, -0.05) is 18.2 Å². The molecule has 1 fully saturated rings. The molecule has 1 aliphatic heterocycles. The number of hydrogen-bond acceptors (Lipinski definition) is 3. The first-order valence-electron chi connectivity index (χ1n) is 7.41. The summed E-state index contributed by atoms with van der Waals surface area (Å²) in [4.78, 5) is 14.0. The highest BCUT2D eigenvalue weighted by Gasteiger charge is 2.17. The molecule has 0 saturated carbocycles. The summed E-state index contributed by atoms with van der Waals surface area (Å²) in [7, 11) is 0. The highest BCUT2D eigenvalue weighted by atomic mass is 16.5. The van der Waals surface area contributed by atoms with E-state index >= 15 is 0 Å². The fourth-order valence-electron chi connectivity index (χ4n) is 2.53. The van der Waals surface area contributed by atoms with E-state index in [0.29, 0.717) is 0 Å². The maximum atomic E-state index is 12.1. The van der Waals surface area contributed by atoms with Gasteiger partial charge in [-0.05, 0) is 44.2 Å². The molecule has 1 saturated heterocycles. The fourth-order valence-corrected chi connectivity index (χ4v) is 2.53. The Morgan fingerprint density at radius 2 is 2.00 bits per heavy atom. The van der Waals surface area contributed by atoms with Crippen LogP contribution in [0.2, 0.25) is 0 Å². The van der Waals surface area contributed by atoms with Gasteiger partial charge in [0, 0.05) is 19.1 Å². The van der Waals surface area contributed by atoms with Crippen molar-refractivity contribution in [3.05, 3.63) is 29.8 Å². The number of para-hydroxylation sites is 1. The van der Waals surface area contributed by atoms with E-state index in [1.807, 2.05) is 36.1 Å². The number of nitrogens with two attached hydrogens (primary N) is 1. The van der Waals surface area contributed by atoms with E-state index in [9.17, 15) is 4.79 Å². The van der Waals surface area contributed by atoms with E-state index in [0.717, 1.165) is 43.7 Å². The first-order valence-corrected chi connectivity index (χ1v) is 7.41. The number of nitrogens with zero attached hydrogens (tertiary/aromatic N) is 1. The lowest BCUT2D eigenvalue weighted by Crippen LogP contribution is -2.38. The van der Waals surface area contributed by atoms with Crippen LogP contribution in [0.1, 0.15) is 31.7 Å². The minimum Gasteiger partial charge on any atom is -0.483 e. The highest BCUT2D eigenvalue weighted by Crippen LogP contribution is 2.19. The summed E-state index contributed by atoms with van der Waals surface area (Å²) < 4.78 is 5.71. The van der Waals surface area contributed by atoms with Crippen molar-refractivity contribution in [3.63, 3.8) is 0 Å². The van der Waals surface area contributed by atoms with Crippen LogP contribution in [0.3, 0.4) is 0 Å². The number of amides is 1. The lowest BCUT2D eigenvalue weighted by Gasteiger charge is -2.26. The lowest BCUT2D eigenvalue weighted by molar-refractivity contribution is -0.134. The zero-order valence-electron chi connectivity index (χ0n) is 12.2. The summed E-state index contributed by atoms with van der Waals surface area (Å²) in [5.41, 5.74) is 6.90. The third-order valence-corrected chi connectivity index (χ3v) is 3.57. The van der Waals surface area contributed by atoms with E-state index in [4.69, 9.17) is 10.5 Å². The van der Waals surface area contributed by atoms with Crippen LogP contribution in [-0.4, -0.2) is 36.5 Å². The SMILES string of the molecule is CC(N)Cc1ccccc1OCC(=O)N1CCCCC1. The molecule has 0 aromatic heterocycles. The number of carbonyl (C=O) groups is 1. The van der Waals surface area contributed by atoms with Crippen molar-refractivity contribution in [2.75, 3.05) is 19.7 Å². The van der Waals surface area contributed by atoms with Crippen molar-refractivity contribution < 1.29 is 9.53 Å². The monoisotopic (exact) mass is 276 g/mol. The Bertz CT molecular complexity index is 440. The van der Waals surface area contributed by atoms with Gasteiger partial charge in [-0.2, -0.15) is 0 Å². The van der Waals surface area contributed by atoms with Crippen LogP contribution < -0.4 is 10.5 Å². The van der Waals surface area contributed by atoms with Gasteiger partial charge in [0.1, 0.15) is 5.75 Å². The van der Waals surface area contributed by atoms with Gasteiger partial charge in [0.15, 0.2) is 6.61 Å². The topological polar surface area (TPSA) is 55.6 Å². The van der Waals surface area contributed by atoms with Crippen LogP contribution in [-0.2, 0) is 11.2 Å². The molecule has 2 rings (SSSR count). The Kier molecular flexibility index (Phi) is 5.41. The van der Waals surface area contributed by atoms with E-state index in [1.54, 1.807) is 0 Å². The molecule has 1 aromatic rings. The Balaban J connectivity index is 1.91. The predicted molar refractivity (Wildman–Crippen MR) is 79.7 cm³/mol. The zero-order chi connectivity index (χ0) is 14.4. The molecule has 2 N–H and O–H groups in total. The second-order valence-corrected chi connectivity index (χ2v) is 5.52. The van der Waals surface area contributed by atoms with E-state index in [-0.39, 0.29) is 18.6 Å². The number of rotatable bonds is 5. The summed E-state index contributed by atoms with van der Waals surface area (Å²) in [5, 5.41) is 0. The number of carbonyl (C=O) groups excluding carboxylic acids is 1. The predicted octanol–water partition coefficient (Wildman–Crippen LogP) is 1.97.